The maximum Gasteiger partial charge on any atom is 0.352 e. The summed E-state index contributed by atoms with van der Waals surface area (Å²) in [4.78, 5) is 16.1. The molecule has 0 unspecified atom stereocenters. The summed E-state index contributed by atoms with van der Waals surface area (Å²) in [6.07, 6.45) is 1.74. The van der Waals surface area contributed by atoms with Gasteiger partial charge in [0.05, 0.1) is 17.8 Å². The molecule has 2 aromatic heterocycles. The molecule has 0 spiro atoms. The third kappa shape index (κ3) is 2.83. The lowest BCUT2D eigenvalue weighted by Gasteiger charge is -2.11. The van der Waals surface area contributed by atoms with Gasteiger partial charge in [0.15, 0.2) is 0 Å². The number of hydrogen-bond donors (Lipinski definition) is 1. The first-order valence-corrected chi connectivity index (χ1v) is 7.81. The van der Waals surface area contributed by atoms with Crippen LogP contribution in [0.2, 0.25) is 0 Å². The molecule has 1 aromatic carbocycles. The predicted molar refractivity (Wildman–Crippen MR) is 96.4 cm³/mol. The lowest BCUT2D eigenvalue weighted by atomic mass is 10.1. The van der Waals surface area contributed by atoms with Crippen molar-refractivity contribution in [2.75, 3.05) is 0 Å². The lowest BCUT2D eigenvalue weighted by Crippen LogP contribution is -2.11. The minimum absolute atomic E-state index is 0.279. The van der Waals surface area contributed by atoms with E-state index < -0.39 is 5.97 Å². The Labute approximate surface area is 141 Å². The molecule has 0 atom stereocenters. The SMILES string of the molecule is C=C(C)c1ccnc(Cn2c(C(=O)O)cc3cc(C)cc(C)c32)c1. The third-order valence-electron chi connectivity index (χ3n) is 4.18. The fraction of sp³-hybridized carbons (Fsp3) is 0.200. The van der Waals surface area contributed by atoms with Crippen molar-refractivity contribution in [3.05, 3.63) is 71.2 Å². The van der Waals surface area contributed by atoms with Crippen molar-refractivity contribution in [2.24, 2.45) is 0 Å². The zero-order valence-corrected chi connectivity index (χ0v) is 14.1. The molecule has 122 valence electrons. The number of fused-ring (bicyclic) bond motifs is 1. The van der Waals surface area contributed by atoms with Crippen molar-refractivity contribution < 1.29 is 9.90 Å². The van der Waals surface area contributed by atoms with E-state index in [2.05, 4.69) is 17.6 Å². The number of rotatable bonds is 4. The second-order valence-corrected chi connectivity index (χ2v) is 6.26. The highest BCUT2D eigenvalue weighted by Gasteiger charge is 2.17. The van der Waals surface area contributed by atoms with Gasteiger partial charge in [0.25, 0.3) is 0 Å². The Morgan fingerprint density at radius 1 is 1.25 bits per heavy atom. The third-order valence-corrected chi connectivity index (χ3v) is 4.18. The minimum Gasteiger partial charge on any atom is -0.477 e. The molecule has 4 heteroatoms. The number of aromatic carboxylic acids is 1. The fourth-order valence-corrected chi connectivity index (χ4v) is 3.15. The van der Waals surface area contributed by atoms with Gasteiger partial charge in [0.2, 0.25) is 0 Å². The first-order chi connectivity index (χ1) is 11.4. The number of carboxylic acids is 1. The van der Waals surface area contributed by atoms with E-state index in [1.54, 1.807) is 12.3 Å². The second-order valence-electron chi connectivity index (χ2n) is 6.26. The molecular weight excluding hydrogens is 300 g/mol. The second kappa shape index (κ2) is 5.96. The number of nitrogens with zero attached hydrogens (tertiary/aromatic N) is 2. The van der Waals surface area contributed by atoms with E-state index >= 15 is 0 Å². The van der Waals surface area contributed by atoms with Gasteiger partial charge in [0, 0.05) is 11.6 Å². The molecule has 0 aliphatic heterocycles. The molecule has 3 rings (SSSR count). The molecule has 24 heavy (non-hydrogen) atoms. The zero-order valence-electron chi connectivity index (χ0n) is 14.1. The monoisotopic (exact) mass is 320 g/mol. The summed E-state index contributed by atoms with van der Waals surface area (Å²) in [7, 11) is 0. The Morgan fingerprint density at radius 3 is 2.67 bits per heavy atom. The average Bonchev–Trinajstić information content (AvgIpc) is 2.86. The maximum atomic E-state index is 11.7. The fourth-order valence-electron chi connectivity index (χ4n) is 3.15. The molecule has 0 saturated heterocycles. The molecular formula is C20H20N2O2. The molecule has 0 bridgehead atoms. The molecule has 2 heterocycles. The quantitative estimate of drug-likeness (QED) is 0.773. The minimum atomic E-state index is -0.931. The van der Waals surface area contributed by atoms with E-state index in [1.807, 2.05) is 43.5 Å². The van der Waals surface area contributed by atoms with E-state index in [4.69, 9.17) is 0 Å². The van der Waals surface area contributed by atoms with Gasteiger partial charge in [0.1, 0.15) is 5.69 Å². The van der Waals surface area contributed by atoms with Crippen molar-refractivity contribution in [1.29, 1.82) is 0 Å². The van der Waals surface area contributed by atoms with Crippen LogP contribution in [0.4, 0.5) is 0 Å². The van der Waals surface area contributed by atoms with E-state index in [1.165, 1.54) is 0 Å². The Bertz CT molecular complexity index is 967. The molecule has 0 saturated carbocycles. The maximum absolute atomic E-state index is 11.7. The van der Waals surface area contributed by atoms with Crippen LogP contribution in [0.1, 0.15) is 39.8 Å². The average molecular weight is 320 g/mol. The number of hydrogen-bond acceptors (Lipinski definition) is 2. The number of carboxylic acid groups (broad SMARTS) is 1. The summed E-state index contributed by atoms with van der Waals surface area (Å²) in [5.74, 6) is -0.931. The smallest absolute Gasteiger partial charge is 0.352 e. The van der Waals surface area contributed by atoms with Crippen LogP contribution in [-0.4, -0.2) is 20.6 Å². The van der Waals surface area contributed by atoms with Gasteiger partial charge >= 0.3 is 5.97 Å². The Hall–Kier alpha value is -2.88. The summed E-state index contributed by atoms with van der Waals surface area (Å²) >= 11 is 0. The summed E-state index contributed by atoms with van der Waals surface area (Å²) in [5.41, 5.74) is 6.20. The van der Waals surface area contributed by atoms with E-state index in [9.17, 15) is 9.90 Å². The molecule has 4 nitrogen and oxygen atoms in total. The molecule has 0 radical (unpaired) electrons. The Kier molecular flexibility index (Phi) is 3.97. The summed E-state index contributed by atoms with van der Waals surface area (Å²) in [6, 6.07) is 9.70. The van der Waals surface area contributed by atoms with Gasteiger partial charge in [-0.2, -0.15) is 0 Å². The van der Waals surface area contributed by atoms with Crippen LogP contribution in [0, 0.1) is 13.8 Å². The first kappa shape index (κ1) is 16.0. The number of pyridine rings is 1. The van der Waals surface area contributed by atoms with Crippen LogP contribution in [0.15, 0.2) is 43.1 Å². The van der Waals surface area contributed by atoms with E-state index in [0.717, 1.165) is 38.9 Å². The van der Waals surface area contributed by atoms with Crippen LogP contribution in [-0.2, 0) is 6.54 Å². The van der Waals surface area contributed by atoms with Gasteiger partial charge in [-0.15, -0.1) is 0 Å². The van der Waals surface area contributed by atoms with Crippen molar-refractivity contribution in [2.45, 2.75) is 27.3 Å². The predicted octanol–water partition coefficient (Wildman–Crippen LogP) is 4.43. The highest BCUT2D eigenvalue weighted by molar-refractivity contribution is 5.96. The van der Waals surface area contributed by atoms with Crippen molar-refractivity contribution in [1.82, 2.24) is 9.55 Å². The van der Waals surface area contributed by atoms with Crippen LogP contribution in [0.25, 0.3) is 16.5 Å². The van der Waals surface area contributed by atoms with Crippen LogP contribution < -0.4 is 0 Å². The normalized spacial score (nSPS) is 11.0. The van der Waals surface area contributed by atoms with Crippen molar-refractivity contribution in [3.8, 4) is 0 Å². The number of carbonyl (C=O) groups is 1. The molecule has 0 amide bonds. The molecule has 0 aliphatic rings. The van der Waals surface area contributed by atoms with Crippen LogP contribution in [0.3, 0.4) is 0 Å². The highest BCUT2D eigenvalue weighted by atomic mass is 16.4. The van der Waals surface area contributed by atoms with E-state index in [-0.39, 0.29) is 5.69 Å². The number of aryl methyl sites for hydroxylation is 2. The number of aromatic nitrogens is 2. The Balaban J connectivity index is 2.18. The highest BCUT2D eigenvalue weighted by Crippen LogP contribution is 2.26. The molecule has 0 aliphatic carbocycles. The van der Waals surface area contributed by atoms with Crippen LogP contribution >= 0.6 is 0 Å². The lowest BCUT2D eigenvalue weighted by molar-refractivity contribution is 0.0686. The van der Waals surface area contributed by atoms with Crippen molar-refractivity contribution in [3.63, 3.8) is 0 Å². The molecule has 0 fully saturated rings. The summed E-state index contributed by atoms with van der Waals surface area (Å²) in [6.45, 7) is 10.3. The largest absolute Gasteiger partial charge is 0.477 e. The van der Waals surface area contributed by atoms with Gasteiger partial charge in [-0.3, -0.25) is 4.98 Å². The van der Waals surface area contributed by atoms with Crippen molar-refractivity contribution >= 4 is 22.4 Å². The standard InChI is InChI=1S/C20H20N2O2/c1-12(2)15-5-6-21-17(9-15)11-22-18(20(23)24)10-16-8-13(3)7-14(4)19(16)22/h5-10H,1,11H2,2-4H3,(H,23,24). The number of allylic oxidation sites excluding steroid dienone is 1. The molecule has 1 N–H and O–H groups in total. The van der Waals surface area contributed by atoms with Gasteiger partial charge in [-0.1, -0.05) is 23.8 Å². The van der Waals surface area contributed by atoms with Gasteiger partial charge in [-0.25, -0.2) is 4.79 Å². The van der Waals surface area contributed by atoms with Gasteiger partial charge < -0.3 is 9.67 Å². The summed E-state index contributed by atoms with van der Waals surface area (Å²) < 4.78 is 1.83. The molecule has 3 aromatic rings. The van der Waals surface area contributed by atoms with E-state index in [0.29, 0.717) is 6.54 Å². The topological polar surface area (TPSA) is 55.1 Å². The van der Waals surface area contributed by atoms with Gasteiger partial charge in [-0.05, 0) is 56.2 Å². The van der Waals surface area contributed by atoms with Crippen LogP contribution in [0.5, 0.6) is 0 Å². The number of benzene rings is 1. The zero-order chi connectivity index (χ0) is 17.4. The first-order valence-electron chi connectivity index (χ1n) is 7.81. The Morgan fingerprint density at radius 2 is 2.00 bits per heavy atom. The summed E-state index contributed by atoms with van der Waals surface area (Å²) in [5, 5.41) is 10.5.